The maximum absolute atomic E-state index is 12.4. The number of aromatic nitrogens is 1. The number of rotatable bonds is 3. The van der Waals surface area contributed by atoms with Crippen LogP contribution in [-0.2, 0) is 27.8 Å². The lowest BCUT2D eigenvalue weighted by Gasteiger charge is -2.24. The molecule has 1 unspecified atom stereocenters. The molecule has 3 N–H and O–H groups in total. The lowest BCUT2D eigenvalue weighted by atomic mass is 10.1. The van der Waals surface area contributed by atoms with Gasteiger partial charge in [0.15, 0.2) is 0 Å². The number of amides is 1. The van der Waals surface area contributed by atoms with Gasteiger partial charge in [0, 0.05) is 11.2 Å². The molecule has 0 radical (unpaired) electrons. The fourth-order valence-corrected chi connectivity index (χ4v) is 4.57. The molecular formula is C18H17N3O3S. The second-order valence-electron chi connectivity index (χ2n) is 6.09. The number of hydrogen-bond acceptors (Lipinski definition) is 3. The summed E-state index contributed by atoms with van der Waals surface area (Å²) in [6, 6.07) is 15.8. The van der Waals surface area contributed by atoms with E-state index in [1.807, 2.05) is 30.3 Å². The highest BCUT2D eigenvalue weighted by atomic mass is 32.2. The van der Waals surface area contributed by atoms with Crippen LogP contribution in [0.25, 0.3) is 10.9 Å². The van der Waals surface area contributed by atoms with Gasteiger partial charge in [-0.05, 0) is 35.6 Å². The van der Waals surface area contributed by atoms with Gasteiger partial charge in [-0.15, -0.1) is 0 Å². The summed E-state index contributed by atoms with van der Waals surface area (Å²) in [5.74, 6) is -0.336. The van der Waals surface area contributed by atoms with Gasteiger partial charge < -0.3 is 10.3 Å². The highest BCUT2D eigenvalue weighted by Gasteiger charge is 2.33. The Labute approximate surface area is 145 Å². The molecule has 3 aromatic rings. The molecule has 7 heteroatoms. The van der Waals surface area contributed by atoms with Crippen LogP contribution >= 0.6 is 0 Å². The summed E-state index contributed by atoms with van der Waals surface area (Å²) in [5.41, 5.74) is 2.53. The van der Waals surface area contributed by atoms with Gasteiger partial charge in [0.05, 0.1) is 11.4 Å². The van der Waals surface area contributed by atoms with Crippen molar-refractivity contribution < 1.29 is 13.2 Å². The molecule has 0 saturated heterocycles. The van der Waals surface area contributed by atoms with E-state index in [0.29, 0.717) is 18.5 Å². The van der Waals surface area contributed by atoms with Gasteiger partial charge in [0.2, 0.25) is 15.9 Å². The van der Waals surface area contributed by atoms with E-state index in [9.17, 15) is 13.2 Å². The Morgan fingerprint density at radius 1 is 1.12 bits per heavy atom. The van der Waals surface area contributed by atoms with Gasteiger partial charge in [-0.3, -0.25) is 4.79 Å². The normalized spacial score (nSPS) is 18.6. The lowest BCUT2D eigenvalue weighted by molar-refractivity contribution is -0.122. The van der Waals surface area contributed by atoms with Crippen molar-refractivity contribution in [3.63, 3.8) is 0 Å². The van der Waals surface area contributed by atoms with Crippen LogP contribution in [0.1, 0.15) is 11.3 Å². The molecular weight excluding hydrogens is 338 g/mol. The van der Waals surface area contributed by atoms with Crippen LogP contribution in [0.3, 0.4) is 0 Å². The van der Waals surface area contributed by atoms with Crippen molar-refractivity contribution in [2.24, 2.45) is 0 Å². The molecule has 1 aliphatic rings. The Bertz CT molecular complexity index is 1020. The van der Waals surface area contributed by atoms with E-state index in [4.69, 9.17) is 0 Å². The van der Waals surface area contributed by atoms with E-state index in [1.54, 1.807) is 24.3 Å². The smallest absolute Gasteiger partial charge is 0.241 e. The van der Waals surface area contributed by atoms with Crippen molar-refractivity contribution in [1.82, 2.24) is 15.0 Å². The zero-order valence-electron chi connectivity index (χ0n) is 13.3. The first kappa shape index (κ1) is 15.9. The minimum Gasteiger partial charge on any atom is -0.357 e. The molecule has 4 rings (SSSR count). The van der Waals surface area contributed by atoms with Crippen molar-refractivity contribution in [1.29, 1.82) is 0 Å². The summed E-state index contributed by atoms with van der Waals surface area (Å²) in [6.45, 7) is 0.313. The second kappa shape index (κ2) is 6.02. The molecule has 6 nitrogen and oxygen atoms in total. The molecule has 0 fully saturated rings. The third-order valence-corrected chi connectivity index (χ3v) is 5.91. The first-order valence-electron chi connectivity index (χ1n) is 7.97. The van der Waals surface area contributed by atoms with E-state index in [2.05, 4.69) is 15.0 Å². The molecule has 0 aliphatic carbocycles. The predicted molar refractivity (Wildman–Crippen MR) is 94.4 cm³/mol. The van der Waals surface area contributed by atoms with Crippen molar-refractivity contribution in [2.75, 3.05) is 0 Å². The molecule has 0 spiro atoms. The average Bonchev–Trinajstić information content (AvgIpc) is 3.02. The molecule has 1 aromatic heterocycles. The summed E-state index contributed by atoms with van der Waals surface area (Å²) in [7, 11) is -3.66. The largest absolute Gasteiger partial charge is 0.357 e. The number of fused-ring (bicyclic) bond motifs is 2. The van der Waals surface area contributed by atoms with Gasteiger partial charge in [-0.1, -0.05) is 36.4 Å². The minimum absolute atomic E-state index is 0.245. The van der Waals surface area contributed by atoms with Crippen LogP contribution in [0.5, 0.6) is 0 Å². The Morgan fingerprint density at radius 3 is 2.72 bits per heavy atom. The molecule has 1 aliphatic heterocycles. The Balaban J connectivity index is 1.48. The summed E-state index contributed by atoms with van der Waals surface area (Å²) in [5, 5.41) is 3.87. The quantitative estimate of drug-likeness (QED) is 0.668. The number of sulfonamides is 1. The van der Waals surface area contributed by atoms with Crippen molar-refractivity contribution in [2.45, 2.75) is 23.9 Å². The third kappa shape index (κ3) is 3.04. The average molecular weight is 355 g/mol. The zero-order chi connectivity index (χ0) is 17.4. The predicted octanol–water partition coefficient (Wildman–Crippen LogP) is 1.69. The van der Waals surface area contributed by atoms with Crippen LogP contribution in [0, 0.1) is 0 Å². The van der Waals surface area contributed by atoms with Crippen LogP contribution in [0.4, 0.5) is 0 Å². The number of carbonyl (C=O) groups excluding carboxylic acids is 1. The molecule has 2 heterocycles. The molecule has 1 atom stereocenters. The van der Waals surface area contributed by atoms with Crippen molar-refractivity contribution in [3.8, 4) is 0 Å². The first-order chi connectivity index (χ1) is 12.0. The zero-order valence-corrected chi connectivity index (χ0v) is 14.1. The standard InChI is InChI=1S/C18H17N3O3S/c22-18(19-11-14-9-12-5-1-3-7-15(12)20-14)16-10-13-6-2-4-8-17(13)25(23,24)21-16/h1-9,16,20-21H,10-11H2,(H,19,22). The van der Waals surface area contributed by atoms with E-state index < -0.39 is 16.1 Å². The number of hydrogen-bond donors (Lipinski definition) is 3. The van der Waals surface area contributed by atoms with Gasteiger partial charge in [0.25, 0.3) is 0 Å². The topological polar surface area (TPSA) is 91.1 Å². The fraction of sp³-hybridized carbons (Fsp3) is 0.167. The van der Waals surface area contributed by atoms with Gasteiger partial charge in [-0.25, -0.2) is 8.42 Å². The summed E-state index contributed by atoms with van der Waals surface area (Å²) < 4.78 is 27.0. The van der Waals surface area contributed by atoms with E-state index in [-0.39, 0.29) is 10.8 Å². The summed E-state index contributed by atoms with van der Waals surface area (Å²) in [4.78, 5) is 15.9. The molecule has 1 amide bonds. The van der Waals surface area contributed by atoms with Gasteiger partial charge in [-0.2, -0.15) is 4.72 Å². The Hall–Kier alpha value is -2.64. The van der Waals surface area contributed by atoms with Crippen LogP contribution in [0.2, 0.25) is 0 Å². The van der Waals surface area contributed by atoms with Crippen LogP contribution in [0.15, 0.2) is 59.5 Å². The number of H-pyrrole nitrogens is 1. The monoisotopic (exact) mass is 355 g/mol. The highest BCUT2D eigenvalue weighted by Crippen LogP contribution is 2.22. The number of benzene rings is 2. The number of carbonyl (C=O) groups is 1. The van der Waals surface area contributed by atoms with Crippen molar-refractivity contribution >= 4 is 26.8 Å². The van der Waals surface area contributed by atoms with Crippen LogP contribution in [-0.4, -0.2) is 25.4 Å². The van der Waals surface area contributed by atoms with Crippen LogP contribution < -0.4 is 10.0 Å². The molecule has 25 heavy (non-hydrogen) atoms. The molecule has 0 saturated carbocycles. The highest BCUT2D eigenvalue weighted by molar-refractivity contribution is 7.89. The maximum atomic E-state index is 12.4. The number of para-hydroxylation sites is 1. The number of aromatic amines is 1. The van der Waals surface area contributed by atoms with E-state index in [0.717, 1.165) is 16.6 Å². The Morgan fingerprint density at radius 2 is 1.88 bits per heavy atom. The van der Waals surface area contributed by atoms with E-state index in [1.165, 1.54) is 0 Å². The molecule has 128 valence electrons. The van der Waals surface area contributed by atoms with Gasteiger partial charge >= 0.3 is 0 Å². The Kier molecular flexibility index (Phi) is 3.82. The minimum atomic E-state index is -3.66. The third-order valence-electron chi connectivity index (χ3n) is 4.34. The second-order valence-corrected chi connectivity index (χ2v) is 7.77. The summed E-state index contributed by atoms with van der Waals surface area (Å²) in [6.07, 6.45) is 0.341. The number of nitrogens with one attached hydrogen (secondary N) is 3. The van der Waals surface area contributed by atoms with Crippen molar-refractivity contribution in [3.05, 3.63) is 65.9 Å². The van der Waals surface area contributed by atoms with E-state index >= 15 is 0 Å². The molecule has 2 aromatic carbocycles. The molecule has 0 bridgehead atoms. The fourth-order valence-electron chi connectivity index (χ4n) is 3.13. The van der Waals surface area contributed by atoms with Gasteiger partial charge in [0.1, 0.15) is 6.04 Å². The summed E-state index contributed by atoms with van der Waals surface area (Å²) >= 11 is 0. The SMILES string of the molecule is O=C(NCc1cc2ccccc2[nH]1)C1Cc2ccccc2S(=O)(=O)N1. The maximum Gasteiger partial charge on any atom is 0.241 e. The first-order valence-corrected chi connectivity index (χ1v) is 9.46. The lowest BCUT2D eigenvalue weighted by Crippen LogP contribution is -2.50.